The predicted molar refractivity (Wildman–Crippen MR) is 101 cm³/mol. The fourth-order valence-corrected chi connectivity index (χ4v) is 3.28. The van der Waals surface area contributed by atoms with Gasteiger partial charge in [-0.15, -0.1) is 11.3 Å². The van der Waals surface area contributed by atoms with Crippen molar-refractivity contribution in [3.8, 4) is 0 Å². The van der Waals surface area contributed by atoms with Crippen molar-refractivity contribution in [2.75, 3.05) is 10.6 Å². The Kier molecular flexibility index (Phi) is 4.67. The Bertz CT molecular complexity index is 934. The zero-order valence-corrected chi connectivity index (χ0v) is 14.7. The van der Waals surface area contributed by atoms with Crippen LogP contribution in [0.25, 0.3) is 10.2 Å². The third-order valence-corrected chi connectivity index (χ3v) is 4.64. The van der Waals surface area contributed by atoms with Crippen LogP contribution in [0.1, 0.15) is 22.3 Å². The Morgan fingerprint density at radius 2 is 1.80 bits per heavy atom. The monoisotopic (exact) mass is 354 g/mol. The van der Waals surface area contributed by atoms with Gasteiger partial charge in [0.25, 0.3) is 0 Å². The number of rotatable bonds is 5. The highest BCUT2D eigenvalue weighted by Crippen LogP contribution is 2.25. The molecule has 1 atom stereocenters. The number of anilines is 2. The lowest BCUT2D eigenvalue weighted by atomic mass is 10.2. The van der Waals surface area contributed by atoms with Crippen molar-refractivity contribution in [3.63, 3.8) is 0 Å². The van der Waals surface area contributed by atoms with E-state index in [1.807, 2.05) is 25.1 Å². The Morgan fingerprint density at radius 3 is 2.48 bits per heavy atom. The lowest BCUT2D eigenvalue weighted by Gasteiger charge is -2.15. The van der Waals surface area contributed by atoms with Crippen molar-refractivity contribution in [1.82, 2.24) is 4.98 Å². The van der Waals surface area contributed by atoms with Crippen molar-refractivity contribution < 1.29 is 9.59 Å². The van der Waals surface area contributed by atoms with Crippen LogP contribution in [0.2, 0.25) is 0 Å². The maximum absolute atomic E-state index is 12.3. The highest BCUT2D eigenvalue weighted by molar-refractivity contribution is 7.18. The Morgan fingerprint density at radius 1 is 1.12 bits per heavy atom. The van der Waals surface area contributed by atoms with Gasteiger partial charge >= 0.3 is 0 Å². The van der Waals surface area contributed by atoms with Crippen molar-refractivity contribution in [3.05, 3.63) is 53.0 Å². The minimum atomic E-state index is -0.499. The van der Waals surface area contributed by atoms with Gasteiger partial charge in [-0.2, -0.15) is 0 Å². The standard InChI is InChI=1S/C18H18N4O2S/c1-10(18(24)22-13-5-3-12(4-6-13)17(19)23)20-14-7-8-15-16(9-14)25-11(2)21-15/h3-10,20H,1-2H3,(H2,19,23)(H,22,24)/t10-/m1/s1. The summed E-state index contributed by atoms with van der Waals surface area (Å²) >= 11 is 1.62. The second-order valence-electron chi connectivity index (χ2n) is 5.71. The van der Waals surface area contributed by atoms with Crippen molar-refractivity contribution in [1.29, 1.82) is 0 Å². The molecule has 0 bridgehead atoms. The first-order chi connectivity index (χ1) is 11.9. The molecule has 0 saturated carbocycles. The molecule has 0 aliphatic carbocycles. The molecule has 0 spiro atoms. The minimum Gasteiger partial charge on any atom is -0.374 e. The van der Waals surface area contributed by atoms with Crippen LogP contribution in [0.4, 0.5) is 11.4 Å². The molecule has 0 aliphatic rings. The highest BCUT2D eigenvalue weighted by atomic mass is 32.1. The van der Waals surface area contributed by atoms with Gasteiger partial charge in [-0.1, -0.05) is 0 Å². The predicted octanol–water partition coefficient (Wildman–Crippen LogP) is 3.14. The fraction of sp³-hybridized carbons (Fsp3) is 0.167. The second kappa shape index (κ2) is 6.90. The Balaban J connectivity index is 1.65. The van der Waals surface area contributed by atoms with E-state index in [9.17, 15) is 9.59 Å². The van der Waals surface area contributed by atoms with E-state index in [2.05, 4.69) is 15.6 Å². The number of primary amides is 1. The summed E-state index contributed by atoms with van der Waals surface area (Å²) in [7, 11) is 0. The summed E-state index contributed by atoms with van der Waals surface area (Å²) in [4.78, 5) is 27.8. The number of aryl methyl sites for hydroxylation is 1. The lowest BCUT2D eigenvalue weighted by molar-refractivity contribution is -0.116. The first kappa shape index (κ1) is 16.9. The van der Waals surface area contributed by atoms with Crippen LogP contribution < -0.4 is 16.4 Å². The largest absolute Gasteiger partial charge is 0.374 e. The second-order valence-corrected chi connectivity index (χ2v) is 6.95. The van der Waals surface area contributed by atoms with E-state index in [1.54, 1.807) is 42.5 Å². The maximum Gasteiger partial charge on any atom is 0.248 e. The third-order valence-electron chi connectivity index (χ3n) is 3.71. The third kappa shape index (κ3) is 3.95. The highest BCUT2D eigenvalue weighted by Gasteiger charge is 2.13. The van der Waals surface area contributed by atoms with E-state index in [4.69, 9.17) is 5.73 Å². The van der Waals surface area contributed by atoms with Gasteiger partial charge in [0.2, 0.25) is 11.8 Å². The number of thiazole rings is 1. The number of hydrogen-bond acceptors (Lipinski definition) is 5. The van der Waals surface area contributed by atoms with Crippen LogP contribution in [-0.4, -0.2) is 22.8 Å². The minimum absolute atomic E-state index is 0.174. The fourth-order valence-electron chi connectivity index (χ4n) is 2.41. The zero-order valence-electron chi connectivity index (χ0n) is 13.9. The smallest absolute Gasteiger partial charge is 0.248 e. The van der Waals surface area contributed by atoms with Crippen LogP contribution in [0, 0.1) is 6.92 Å². The van der Waals surface area contributed by atoms with E-state index in [0.29, 0.717) is 11.3 Å². The van der Waals surface area contributed by atoms with Gasteiger partial charge in [0.1, 0.15) is 6.04 Å². The van der Waals surface area contributed by atoms with Crippen molar-refractivity contribution >= 4 is 44.7 Å². The molecular weight excluding hydrogens is 336 g/mol. The summed E-state index contributed by atoms with van der Waals surface area (Å²) < 4.78 is 1.08. The first-order valence-electron chi connectivity index (χ1n) is 7.77. The van der Waals surface area contributed by atoms with Crippen molar-refractivity contribution in [2.24, 2.45) is 5.73 Å². The van der Waals surface area contributed by atoms with E-state index >= 15 is 0 Å². The molecule has 0 fully saturated rings. The molecule has 128 valence electrons. The summed E-state index contributed by atoms with van der Waals surface area (Å²) in [6.07, 6.45) is 0. The van der Waals surface area contributed by atoms with Crippen molar-refractivity contribution in [2.45, 2.75) is 19.9 Å². The number of benzene rings is 2. The number of hydrogen-bond donors (Lipinski definition) is 3. The van der Waals surface area contributed by atoms with E-state index < -0.39 is 11.9 Å². The molecule has 0 aliphatic heterocycles. The zero-order chi connectivity index (χ0) is 18.0. The number of aromatic nitrogens is 1. The number of carbonyl (C=O) groups is 2. The maximum atomic E-state index is 12.3. The lowest BCUT2D eigenvalue weighted by Crippen LogP contribution is -2.31. The van der Waals surface area contributed by atoms with Gasteiger partial charge in [0, 0.05) is 16.9 Å². The van der Waals surface area contributed by atoms with Gasteiger partial charge in [-0.3, -0.25) is 9.59 Å². The summed E-state index contributed by atoms with van der Waals surface area (Å²) in [6.45, 7) is 3.76. The Labute approximate surface area is 149 Å². The number of amides is 2. The number of fused-ring (bicyclic) bond motifs is 1. The van der Waals surface area contributed by atoms with E-state index in [-0.39, 0.29) is 5.91 Å². The van der Waals surface area contributed by atoms with E-state index in [1.165, 1.54) is 0 Å². The van der Waals surface area contributed by atoms with Crippen LogP contribution in [0.15, 0.2) is 42.5 Å². The molecule has 2 aromatic carbocycles. The summed E-state index contributed by atoms with van der Waals surface area (Å²) in [5.74, 6) is -0.672. The normalized spacial score (nSPS) is 11.9. The molecule has 0 saturated heterocycles. The molecule has 3 aromatic rings. The summed E-state index contributed by atoms with van der Waals surface area (Å²) in [6, 6.07) is 11.9. The molecule has 2 amide bonds. The van der Waals surface area contributed by atoms with Gasteiger partial charge in [-0.25, -0.2) is 4.98 Å². The number of carbonyl (C=O) groups excluding carboxylic acids is 2. The number of nitrogens with zero attached hydrogens (tertiary/aromatic N) is 1. The molecule has 1 aromatic heterocycles. The molecule has 0 radical (unpaired) electrons. The molecular formula is C18H18N4O2S. The number of nitrogens with two attached hydrogens (primary N) is 1. The summed E-state index contributed by atoms with van der Waals surface area (Å²) in [5.41, 5.74) is 8.03. The van der Waals surface area contributed by atoms with Crippen LogP contribution in [0.3, 0.4) is 0 Å². The van der Waals surface area contributed by atoms with Crippen LogP contribution in [0.5, 0.6) is 0 Å². The van der Waals surface area contributed by atoms with Gasteiger partial charge in [0.15, 0.2) is 0 Å². The molecule has 25 heavy (non-hydrogen) atoms. The van der Waals surface area contributed by atoms with Crippen LogP contribution in [-0.2, 0) is 4.79 Å². The average Bonchev–Trinajstić information content (AvgIpc) is 2.94. The SMILES string of the molecule is Cc1nc2ccc(N[C@H](C)C(=O)Nc3ccc(C(N)=O)cc3)cc2s1. The Hall–Kier alpha value is -2.93. The molecule has 1 heterocycles. The van der Waals surface area contributed by atoms with Gasteiger partial charge < -0.3 is 16.4 Å². The quantitative estimate of drug-likeness (QED) is 0.656. The molecule has 3 rings (SSSR count). The van der Waals surface area contributed by atoms with Crippen LogP contribution >= 0.6 is 11.3 Å². The van der Waals surface area contributed by atoms with E-state index in [0.717, 1.165) is 20.9 Å². The topological polar surface area (TPSA) is 97.1 Å². The van der Waals surface area contributed by atoms with Gasteiger partial charge in [0.05, 0.1) is 15.2 Å². The molecule has 7 heteroatoms. The van der Waals surface area contributed by atoms with Gasteiger partial charge in [-0.05, 0) is 56.3 Å². The molecule has 6 nitrogen and oxygen atoms in total. The molecule has 0 unspecified atom stereocenters. The first-order valence-corrected chi connectivity index (χ1v) is 8.58. The number of nitrogens with one attached hydrogen (secondary N) is 2. The average molecular weight is 354 g/mol. The summed E-state index contributed by atoms with van der Waals surface area (Å²) in [5, 5.41) is 7.00. The molecule has 4 N–H and O–H groups in total.